The second-order valence-corrected chi connectivity index (χ2v) is 7.43. The number of aryl methyl sites for hydroxylation is 2. The Balaban J connectivity index is 1.82. The molecule has 0 spiro atoms. The summed E-state index contributed by atoms with van der Waals surface area (Å²) in [6.45, 7) is 3.42. The van der Waals surface area contributed by atoms with Crippen molar-refractivity contribution >= 4 is 0 Å². The van der Waals surface area contributed by atoms with E-state index >= 15 is 0 Å². The zero-order chi connectivity index (χ0) is 17.6. The molecule has 0 aliphatic carbocycles. The summed E-state index contributed by atoms with van der Waals surface area (Å²) in [6.07, 6.45) is 8.46. The molecule has 3 rings (SSSR count). The molecule has 1 aliphatic heterocycles. The van der Waals surface area contributed by atoms with E-state index in [2.05, 4.69) is 49.2 Å². The monoisotopic (exact) mass is 337 g/mol. The molecule has 1 heterocycles. The van der Waals surface area contributed by atoms with E-state index in [4.69, 9.17) is 0 Å². The molecule has 1 fully saturated rings. The summed E-state index contributed by atoms with van der Waals surface area (Å²) >= 11 is 0. The Hall–Kier alpha value is -1.80. The van der Waals surface area contributed by atoms with Gasteiger partial charge in [0.2, 0.25) is 0 Å². The number of nitrogens with zero attached hydrogens (tertiary/aromatic N) is 1. The van der Waals surface area contributed by atoms with Crippen LogP contribution in [0.15, 0.2) is 42.5 Å². The third kappa shape index (κ3) is 4.43. The molecule has 2 heteroatoms. The highest BCUT2D eigenvalue weighted by Gasteiger charge is 2.19. The van der Waals surface area contributed by atoms with Crippen molar-refractivity contribution in [3.63, 3.8) is 0 Å². The van der Waals surface area contributed by atoms with Crippen LogP contribution in [0.5, 0.6) is 5.75 Å². The predicted molar refractivity (Wildman–Crippen MR) is 106 cm³/mol. The molecule has 2 nitrogen and oxygen atoms in total. The number of likely N-dealkylation sites (tertiary alicyclic amines) is 1. The van der Waals surface area contributed by atoms with Crippen molar-refractivity contribution in [2.24, 2.45) is 0 Å². The summed E-state index contributed by atoms with van der Waals surface area (Å²) in [7, 11) is 2.26. The van der Waals surface area contributed by atoms with E-state index in [1.54, 1.807) is 0 Å². The van der Waals surface area contributed by atoms with Crippen molar-refractivity contribution in [3.8, 4) is 16.9 Å². The summed E-state index contributed by atoms with van der Waals surface area (Å²) in [6, 6.07) is 15.3. The number of phenolic OH excluding ortho intramolecular Hbond substituents is 1. The lowest BCUT2D eigenvalue weighted by Gasteiger charge is -2.32. The largest absolute Gasteiger partial charge is 0.507 e. The predicted octanol–water partition coefficient (Wildman–Crippen LogP) is 5.43. The van der Waals surface area contributed by atoms with E-state index in [0.29, 0.717) is 11.8 Å². The Labute approximate surface area is 152 Å². The standard InChI is InChI=1S/C23H31NO/c1-3-8-18-12-15-23(25)22(17-18)21-11-5-4-9-19(21)13-14-20-10-6-7-16-24(20)2/h4-5,9,11-12,15,17,20,25H,3,6-8,10,13-14,16H2,1-2H3. The summed E-state index contributed by atoms with van der Waals surface area (Å²) in [5.74, 6) is 0.391. The van der Waals surface area contributed by atoms with Gasteiger partial charge in [0.25, 0.3) is 0 Å². The first-order chi connectivity index (χ1) is 12.2. The van der Waals surface area contributed by atoms with Crippen molar-refractivity contribution in [1.82, 2.24) is 4.90 Å². The minimum Gasteiger partial charge on any atom is -0.507 e. The lowest BCUT2D eigenvalue weighted by atomic mass is 9.91. The van der Waals surface area contributed by atoms with Gasteiger partial charge in [-0.05, 0) is 74.5 Å². The van der Waals surface area contributed by atoms with Gasteiger partial charge in [-0.25, -0.2) is 0 Å². The maximum Gasteiger partial charge on any atom is 0.123 e. The quantitative estimate of drug-likeness (QED) is 0.760. The van der Waals surface area contributed by atoms with Crippen molar-refractivity contribution in [2.45, 2.75) is 57.9 Å². The van der Waals surface area contributed by atoms with Gasteiger partial charge in [0.15, 0.2) is 0 Å². The van der Waals surface area contributed by atoms with Crippen molar-refractivity contribution in [2.75, 3.05) is 13.6 Å². The lowest BCUT2D eigenvalue weighted by Crippen LogP contribution is -2.36. The van der Waals surface area contributed by atoms with Gasteiger partial charge in [0.1, 0.15) is 5.75 Å². The fourth-order valence-electron chi connectivity index (χ4n) is 4.08. The average molecular weight is 338 g/mol. The van der Waals surface area contributed by atoms with E-state index in [9.17, 15) is 5.11 Å². The van der Waals surface area contributed by atoms with Crippen molar-refractivity contribution in [3.05, 3.63) is 53.6 Å². The second-order valence-electron chi connectivity index (χ2n) is 7.43. The molecular weight excluding hydrogens is 306 g/mol. The number of rotatable bonds is 6. The van der Waals surface area contributed by atoms with Gasteiger partial charge < -0.3 is 10.0 Å². The van der Waals surface area contributed by atoms with Crippen LogP contribution in [-0.4, -0.2) is 29.6 Å². The Morgan fingerprint density at radius 3 is 2.68 bits per heavy atom. The normalized spacial score (nSPS) is 18.4. The maximum atomic E-state index is 10.4. The Morgan fingerprint density at radius 2 is 1.88 bits per heavy atom. The minimum absolute atomic E-state index is 0.391. The zero-order valence-corrected chi connectivity index (χ0v) is 15.7. The summed E-state index contributed by atoms with van der Waals surface area (Å²) < 4.78 is 0. The summed E-state index contributed by atoms with van der Waals surface area (Å²) in [5.41, 5.74) is 4.83. The molecule has 1 aliphatic rings. The number of benzene rings is 2. The molecule has 0 aromatic heterocycles. The van der Waals surface area contributed by atoms with Gasteiger partial charge in [-0.15, -0.1) is 0 Å². The molecule has 0 radical (unpaired) electrons. The van der Waals surface area contributed by atoms with Gasteiger partial charge in [-0.1, -0.05) is 50.1 Å². The van der Waals surface area contributed by atoms with Crippen LogP contribution in [-0.2, 0) is 12.8 Å². The lowest BCUT2D eigenvalue weighted by molar-refractivity contribution is 0.176. The molecule has 0 bridgehead atoms. The number of phenols is 1. The summed E-state index contributed by atoms with van der Waals surface area (Å²) in [5, 5.41) is 10.4. The summed E-state index contributed by atoms with van der Waals surface area (Å²) in [4.78, 5) is 2.52. The highest BCUT2D eigenvalue weighted by molar-refractivity contribution is 5.73. The topological polar surface area (TPSA) is 23.5 Å². The number of hydrogen-bond donors (Lipinski definition) is 1. The van der Waals surface area contributed by atoms with Gasteiger partial charge >= 0.3 is 0 Å². The number of piperidine rings is 1. The first-order valence-corrected chi connectivity index (χ1v) is 9.79. The van der Waals surface area contributed by atoms with Crippen molar-refractivity contribution in [1.29, 1.82) is 0 Å². The molecule has 1 N–H and O–H groups in total. The van der Waals surface area contributed by atoms with Crippen LogP contribution < -0.4 is 0 Å². The van der Waals surface area contributed by atoms with Crippen LogP contribution in [0.3, 0.4) is 0 Å². The van der Waals surface area contributed by atoms with Crippen LogP contribution in [0.25, 0.3) is 11.1 Å². The Bertz CT molecular complexity index is 694. The second kappa shape index (κ2) is 8.53. The fourth-order valence-corrected chi connectivity index (χ4v) is 4.08. The van der Waals surface area contributed by atoms with Gasteiger partial charge in [0, 0.05) is 11.6 Å². The third-order valence-corrected chi connectivity index (χ3v) is 5.58. The first kappa shape index (κ1) is 18.0. The molecule has 2 aromatic rings. The Morgan fingerprint density at radius 1 is 1.04 bits per heavy atom. The molecule has 25 heavy (non-hydrogen) atoms. The van der Waals surface area contributed by atoms with E-state index in [1.807, 2.05) is 12.1 Å². The molecule has 1 unspecified atom stereocenters. The number of aromatic hydroxyl groups is 1. The third-order valence-electron chi connectivity index (χ3n) is 5.58. The van der Waals surface area contributed by atoms with Gasteiger partial charge in [0.05, 0.1) is 0 Å². The van der Waals surface area contributed by atoms with Crippen LogP contribution in [0.1, 0.15) is 50.2 Å². The number of hydrogen-bond acceptors (Lipinski definition) is 2. The van der Waals surface area contributed by atoms with E-state index in [-0.39, 0.29) is 0 Å². The molecule has 1 atom stereocenters. The van der Waals surface area contributed by atoms with E-state index in [0.717, 1.165) is 24.8 Å². The molecule has 1 saturated heterocycles. The van der Waals surface area contributed by atoms with Crippen LogP contribution in [0, 0.1) is 0 Å². The Kier molecular flexibility index (Phi) is 6.14. The van der Waals surface area contributed by atoms with Crippen LogP contribution in [0.4, 0.5) is 0 Å². The van der Waals surface area contributed by atoms with Gasteiger partial charge in [-0.2, -0.15) is 0 Å². The molecule has 0 amide bonds. The van der Waals surface area contributed by atoms with E-state index < -0.39 is 0 Å². The zero-order valence-electron chi connectivity index (χ0n) is 15.7. The highest BCUT2D eigenvalue weighted by atomic mass is 16.3. The SMILES string of the molecule is CCCc1ccc(O)c(-c2ccccc2CCC2CCCCN2C)c1. The molecular formula is C23H31NO. The average Bonchev–Trinajstić information content (AvgIpc) is 2.63. The van der Waals surface area contributed by atoms with Crippen LogP contribution >= 0.6 is 0 Å². The minimum atomic E-state index is 0.391. The fraction of sp³-hybridized carbons (Fsp3) is 0.478. The van der Waals surface area contributed by atoms with Crippen molar-refractivity contribution < 1.29 is 5.11 Å². The van der Waals surface area contributed by atoms with Gasteiger partial charge in [-0.3, -0.25) is 0 Å². The van der Waals surface area contributed by atoms with E-state index in [1.165, 1.54) is 48.9 Å². The molecule has 0 saturated carbocycles. The van der Waals surface area contributed by atoms with Crippen LogP contribution in [0.2, 0.25) is 0 Å². The molecule has 2 aromatic carbocycles. The first-order valence-electron chi connectivity index (χ1n) is 9.79. The smallest absolute Gasteiger partial charge is 0.123 e. The highest BCUT2D eigenvalue weighted by Crippen LogP contribution is 2.34. The maximum absolute atomic E-state index is 10.4. The molecule has 134 valence electrons.